The minimum atomic E-state index is -0.145. The van der Waals surface area contributed by atoms with Gasteiger partial charge in [-0.1, -0.05) is 15.9 Å². The summed E-state index contributed by atoms with van der Waals surface area (Å²) in [4.78, 5) is 15.1. The molecule has 1 saturated heterocycles. The van der Waals surface area contributed by atoms with Crippen LogP contribution in [0.2, 0.25) is 0 Å². The Bertz CT molecular complexity index is 1110. The molecule has 10 heteroatoms. The summed E-state index contributed by atoms with van der Waals surface area (Å²) in [6.45, 7) is 4.63. The zero-order valence-electron chi connectivity index (χ0n) is 17.1. The predicted molar refractivity (Wildman–Crippen MR) is 117 cm³/mol. The number of nitrogens with zero attached hydrogens (tertiary/aromatic N) is 5. The quantitative estimate of drug-likeness (QED) is 0.605. The molecule has 2 aliphatic heterocycles. The smallest absolute Gasteiger partial charge is 0.223 e. The molecule has 4 heterocycles. The second-order valence-electron chi connectivity index (χ2n) is 7.83. The highest BCUT2D eigenvalue weighted by atomic mass is 79.9. The van der Waals surface area contributed by atoms with Crippen LogP contribution < -0.4 is 19.7 Å². The van der Waals surface area contributed by atoms with Gasteiger partial charge in [0.05, 0.1) is 6.04 Å². The number of piperidine rings is 1. The lowest BCUT2D eigenvalue weighted by Crippen LogP contribution is -2.41. The largest absolute Gasteiger partial charge is 0.486 e. The fraction of sp³-hybridized carbons (Fsp3) is 0.429. The first-order valence-corrected chi connectivity index (χ1v) is 11.2. The van der Waals surface area contributed by atoms with Crippen molar-refractivity contribution in [1.29, 1.82) is 0 Å². The number of hydrogen-bond acceptors (Lipinski definition) is 7. The number of fused-ring (bicyclic) bond motifs is 2. The fourth-order valence-corrected chi connectivity index (χ4v) is 4.74. The monoisotopic (exact) mass is 486 g/mol. The average molecular weight is 487 g/mol. The molecule has 0 bridgehead atoms. The van der Waals surface area contributed by atoms with Crippen LogP contribution in [0.25, 0.3) is 5.65 Å². The van der Waals surface area contributed by atoms with Gasteiger partial charge in [0.2, 0.25) is 5.91 Å². The third-order valence-electron chi connectivity index (χ3n) is 5.82. The molecule has 0 radical (unpaired) electrons. The highest BCUT2D eigenvalue weighted by Crippen LogP contribution is 2.38. The van der Waals surface area contributed by atoms with E-state index >= 15 is 0 Å². The van der Waals surface area contributed by atoms with Crippen LogP contribution in [-0.4, -0.2) is 52.0 Å². The van der Waals surface area contributed by atoms with Crippen molar-refractivity contribution in [3.8, 4) is 11.5 Å². The van der Waals surface area contributed by atoms with E-state index in [4.69, 9.17) is 9.47 Å². The van der Waals surface area contributed by atoms with Crippen molar-refractivity contribution in [1.82, 2.24) is 25.1 Å². The summed E-state index contributed by atoms with van der Waals surface area (Å²) in [6.07, 6.45) is 3.15. The van der Waals surface area contributed by atoms with E-state index in [2.05, 4.69) is 41.4 Å². The van der Waals surface area contributed by atoms with Gasteiger partial charge in [-0.2, -0.15) is 4.52 Å². The van der Waals surface area contributed by atoms with E-state index < -0.39 is 0 Å². The van der Waals surface area contributed by atoms with Crippen molar-refractivity contribution in [2.45, 2.75) is 25.8 Å². The summed E-state index contributed by atoms with van der Waals surface area (Å²) >= 11 is 3.60. The lowest BCUT2D eigenvalue weighted by Gasteiger charge is -2.32. The van der Waals surface area contributed by atoms with Crippen molar-refractivity contribution in [2.24, 2.45) is 5.92 Å². The van der Waals surface area contributed by atoms with Crippen molar-refractivity contribution in [3.05, 3.63) is 40.6 Å². The number of aromatic nitrogens is 4. The molecule has 1 aromatic carbocycles. The molecule has 1 unspecified atom stereocenters. The summed E-state index contributed by atoms with van der Waals surface area (Å²) in [7, 11) is 0. The number of nitrogens with one attached hydrogen (secondary N) is 1. The Morgan fingerprint density at radius 2 is 1.94 bits per heavy atom. The van der Waals surface area contributed by atoms with Gasteiger partial charge < -0.3 is 19.7 Å². The highest BCUT2D eigenvalue weighted by Gasteiger charge is 2.28. The maximum atomic E-state index is 12.9. The number of anilines is 1. The molecule has 3 aromatic rings. The second kappa shape index (κ2) is 8.33. The number of halogens is 1. The first-order chi connectivity index (χ1) is 15.1. The van der Waals surface area contributed by atoms with Gasteiger partial charge in [0, 0.05) is 23.5 Å². The van der Waals surface area contributed by atoms with E-state index in [0.29, 0.717) is 13.2 Å². The highest BCUT2D eigenvalue weighted by molar-refractivity contribution is 9.10. The molecule has 1 atom stereocenters. The zero-order valence-corrected chi connectivity index (χ0v) is 18.7. The van der Waals surface area contributed by atoms with Crippen molar-refractivity contribution >= 4 is 33.3 Å². The molecule has 2 aromatic heterocycles. The standard InChI is InChI=1S/C21H23BrN6O3/c1-13(15-10-17-18(11-16(15)22)31-9-8-30-17)24-21(29)14-4-6-27(7-5-14)20-3-2-19-25-23-12-28(19)26-20/h2-3,10-14H,4-9H2,1H3,(H,24,29). The molecule has 31 heavy (non-hydrogen) atoms. The Morgan fingerprint density at radius 3 is 2.71 bits per heavy atom. The lowest BCUT2D eigenvalue weighted by atomic mass is 9.95. The van der Waals surface area contributed by atoms with Gasteiger partial charge >= 0.3 is 0 Å². The number of benzene rings is 1. The first kappa shape index (κ1) is 20.0. The van der Waals surface area contributed by atoms with Crippen LogP contribution in [0.4, 0.5) is 5.82 Å². The summed E-state index contributed by atoms with van der Waals surface area (Å²) in [5.41, 5.74) is 1.69. The molecule has 1 fully saturated rings. The van der Waals surface area contributed by atoms with E-state index in [-0.39, 0.29) is 17.9 Å². The average Bonchev–Trinajstić information content (AvgIpc) is 3.26. The summed E-state index contributed by atoms with van der Waals surface area (Å²) < 4.78 is 13.9. The number of amides is 1. The van der Waals surface area contributed by atoms with E-state index in [1.165, 1.54) is 0 Å². The van der Waals surface area contributed by atoms with E-state index in [1.54, 1.807) is 10.8 Å². The molecule has 162 valence electrons. The summed E-state index contributed by atoms with van der Waals surface area (Å²) in [5.74, 6) is 2.38. The third kappa shape index (κ3) is 4.04. The number of rotatable bonds is 4. The number of ether oxygens (including phenoxy) is 2. The Labute approximate surface area is 187 Å². The minimum absolute atomic E-state index is 0.0201. The summed E-state index contributed by atoms with van der Waals surface area (Å²) in [6, 6.07) is 7.56. The van der Waals surface area contributed by atoms with Gasteiger partial charge in [-0.3, -0.25) is 4.79 Å². The molecular weight excluding hydrogens is 464 g/mol. The maximum absolute atomic E-state index is 12.9. The summed E-state index contributed by atoms with van der Waals surface area (Å²) in [5, 5.41) is 15.6. The first-order valence-electron chi connectivity index (χ1n) is 10.4. The molecule has 1 N–H and O–H groups in total. The third-order valence-corrected chi connectivity index (χ3v) is 6.51. The minimum Gasteiger partial charge on any atom is -0.486 e. The van der Waals surface area contributed by atoms with Crippen LogP contribution in [-0.2, 0) is 4.79 Å². The molecule has 9 nitrogen and oxygen atoms in total. The normalized spacial score (nSPS) is 17.5. The number of carbonyl (C=O) groups excluding carboxylic acids is 1. The zero-order chi connectivity index (χ0) is 21.4. The number of hydrogen-bond donors (Lipinski definition) is 1. The van der Waals surface area contributed by atoms with Crippen LogP contribution in [0.5, 0.6) is 11.5 Å². The van der Waals surface area contributed by atoms with Gasteiger partial charge in [0.25, 0.3) is 0 Å². The molecule has 2 aliphatic rings. The van der Waals surface area contributed by atoms with Crippen molar-refractivity contribution in [3.63, 3.8) is 0 Å². The SMILES string of the molecule is CC(NC(=O)C1CCN(c2ccc3nncn3n2)CC1)c1cc2c(cc1Br)OCCO2. The van der Waals surface area contributed by atoms with Gasteiger partial charge in [0.1, 0.15) is 25.4 Å². The van der Waals surface area contributed by atoms with E-state index in [9.17, 15) is 4.79 Å². The Kier molecular flexibility index (Phi) is 5.39. The van der Waals surface area contributed by atoms with Crippen LogP contribution >= 0.6 is 15.9 Å². The van der Waals surface area contributed by atoms with Crippen molar-refractivity contribution in [2.75, 3.05) is 31.2 Å². The fourth-order valence-electron chi connectivity index (χ4n) is 4.08. The Hall–Kier alpha value is -2.88. The predicted octanol–water partition coefficient (Wildman–Crippen LogP) is 2.75. The van der Waals surface area contributed by atoms with Gasteiger partial charge in [-0.05, 0) is 49.6 Å². The Morgan fingerprint density at radius 1 is 1.19 bits per heavy atom. The van der Waals surface area contributed by atoms with Crippen LogP contribution in [0.15, 0.2) is 35.1 Å². The van der Waals surface area contributed by atoms with Crippen LogP contribution in [0, 0.1) is 5.92 Å². The number of carbonyl (C=O) groups is 1. The van der Waals surface area contributed by atoms with Crippen molar-refractivity contribution < 1.29 is 14.3 Å². The topological polar surface area (TPSA) is 93.9 Å². The molecule has 0 spiro atoms. The van der Waals surface area contributed by atoms with Gasteiger partial charge in [-0.15, -0.1) is 15.3 Å². The van der Waals surface area contributed by atoms with E-state index in [0.717, 1.165) is 58.9 Å². The molecule has 0 aliphatic carbocycles. The van der Waals surface area contributed by atoms with Crippen LogP contribution in [0.3, 0.4) is 0 Å². The van der Waals surface area contributed by atoms with Gasteiger partial charge in [0.15, 0.2) is 17.1 Å². The Balaban J connectivity index is 1.20. The molecule has 0 saturated carbocycles. The maximum Gasteiger partial charge on any atom is 0.223 e. The molecule has 1 amide bonds. The molecular formula is C21H23BrN6O3. The van der Waals surface area contributed by atoms with Gasteiger partial charge in [-0.25, -0.2) is 0 Å². The van der Waals surface area contributed by atoms with Crippen LogP contribution in [0.1, 0.15) is 31.4 Å². The second-order valence-corrected chi connectivity index (χ2v) is 8.69. The van der Waals surface area contributed by atoms with E-state index in [1.807, 2.05) is 31.2 Å². The molecule has 5 rings (SSSR count). The lowest BCUT2D eigenvalue weighted by molar-refractivity contribution is -0.126.